The molecule has 2 aromatic heterocycles. The molecule has 2 aromatic rings. The Balaban J connectivity index is 1.63. The summed E-state index contributed by atoms with van der Waals surface area (Å²) in [7, 11) is 0. The highest BCUT2D eigenvalue weighted by atomic mass is 19.3. The second kappa shape index (κ2) is 9.35. The molecule has 11 heteroatoms. The summed E-state index contributed by atoms with van der Waals surface area (Å²) in [4.78, 5) is 23.5. The largest absolute Gasteiger partial charge is 0.461 e. The zero-order valence-electron chi connectivity index (χ0n) is 18.3. The smallest absolute Gasteiger partial charge is 0.359 e. The first-order valence-corrected chi connectivity index (χ1v) is 10.9. The molecule has 0 spiro atoms. The average Bonchev–Trinajstić information content (AvgIpc) is 3.18. The molecule has 2 fully saturated rings. The second-order valence-electron chi connectivity index (χ2n) is 8.11. The molecule has 1 N–H and O–H groups in total. The third-order valence-electron chi connectivity index (χ3n) is 5.68. The number of rotatable bonds is 6. The summed E-state index contributed by atoms with van der Waals surface area (Å²) in [5, 5.41) is 7.64. The molecule has 0 atom stereocenters. The number of halogens is 2. The lowest BCUT2D eigenvalue weighted by molar-refractivity contribution is -0.0361. The molecule has 0 radical (unpaired) electrons. The number of hydrogen-bond acceptors (Lipinski definition) is 8. The van der Waals surface area contributed by atoms with E-state index < -0.39 is 11.9 Å². The van der Waals surface area contributed by atoms with Gasteiger partial charge in [0.25, 0.3) is 5.95 Å². The maximum absolute atomic E-state index is 13.5. The van der Waals surface area contributed by atoms with E-state index in [-0.39, 0.29) is 37.1 Å². The minimum absolute atomic E-state index is 0.0932. The van der Waals surface area contributed by atoms with E-state index in [1.165, 1.54) is 4.68 Å². The summed E-state index contributed by atoms with van der Waals surface area (Å²) in [6, 6.07) is 1.73. The highest BCUT2D eigenvalue weighted by molar-refractivity contribution is 5.88. The van der Waals surface area contributed by atoms with Crippen LogP contribution in [-0.4, -0.2) is 70.6 Å². The number of hydrogen-bond donors (Lipinski definition) is 1. The number of anilines is 2. The van der Waals surface area contributed by atoms with Crippen LogP contribution in [0.25, 0.3) is 5.95 Å². The average molecular weight is 450 g/mol. The molecule has 0 aromatic carbocycles. The highest BCUT2D eigenvalue weighted by Crippen LogP contribution is 2.34. The maximum Gasteiger partial charge on any atom is 0.359 e. The van der Waals surface area contributed by atoms with Gasteiger partial charge in [0, 0.05) is 49.8 Å². The number of carbonyl (C=O) groups is 1. The van der Waals surface area contributed by atoms with Crippen LogP contribution in [0.5, 0.6) is 0 Å². The Morgan fingerprint density at radius 3 is 2.69 bits per heavy atom. The summed E-state index contributed by atoms with van der Waals surface area (Å²) in [5.41, 5.74) is 0.851. The molecule has 32 heavy (non-hydrogen) atoms. The van der Waals surface area contributed by atoms with Crippen molar-refractivity contribution in [1.29, 1.82) is 0 Å². The molecule has 0 unspecified atom stereocenters. The molecule has 1 aliphatic heterocycles. The van der Waals surface area contributed by atoms with E-state index >= 15 is 0 Å². The number of ether oxygens (including phenoxy) is 2. The third kappa shape index (κ3) is 5.14. The van der Waals surface area contributed by atoms with Gasteiger partial charge in [-0.1, -0.05) is 0 Å². The Morgan fingerprint density at radius 2 is 2.00 bits per heavy atom. The fraction of sp³-hybridized carbons (Fsp3) is 0.619. The van der Waals surface area contributed by atoms with Gasteiger partial charge >= 0.3 is 5.97 Å². The molecule has 0 bridgehead atoms. The minimum atomic E-state index is -2.59. The second-order valence-corrected chi connectivity index (χ2v) is 8.11. The SMILES string of the molecule is CCOC(=O)c1nn(-c2nc(NC3CCC(F)(F)CC3)cc(N3CCOCC3)n2)cc1C. The summed E-state index contributed by atoms with van der Waals surface area (Å²) in [6.07, 6.45) is 2.14. The lowest BCUT2D eigenvalue weighted by atomic mass is 9.92. The Bertz CT molecular complexity index is 951. The van der Waals surface area contributed by atoms with Crippen molar-refractivity contribution in [2.24, 2.45) is 0 Å². The van der Waals surface area contributed by atoms with Crippen LogP contribution in [0.15, 0.2) is 12.3 Å². The number of nitrogens with zero attached hydrogens (tertiary/aromatic N) is 5. The molecule has 0 amide bonds. The molecule has 1 saturated carbocycles. The van der Waals surface area contributed by atoms with Crippen LogP contribution in [0.1, 0.15) is 48.7 Å². The third-order valence-corrected chi connectivity index (χ3v) is 5.68. The van der Waals surface area contributed by atoms with E-state index in [1.54, 1.807) is 20.0 Å². The van der Waals surface area contributed by atoms with Gasteiger partial charge in [-0.3, -0.25) is 0 Å². The fourth-order valence-corrected chi connectivity index (χ4v) is 3.91. The standard InChI is InChI=1S/C21H28F2N6O3/c1-3-32-19(30)18-14(2)13-29(27-18)20-25-16(24-15-4-6-21(22,23)7-5-15)12-17(26-20)28-8-10-31-11-9-28/h12-13,15H,3-11H2,1-2H3,(H,24,25,26). The van der Waals surface area contributed by atoms with Gasteiger partial charge in [-0.15, -0.1) is 0 Å². The predicted octanol–water partition coefficient (Wildman–Crippen LogP) is 2.97. The first-order chi connectivity index (χ1) is 15.3. The van der Waals surface area contributed by atoms with E-state index in [1.807, 2.05) is 6.07 Å². The molecule has 9 nitrogen and oxygen atoms in total. The first kappa shape index (κ1) is 22.4. The lowest BCUT2D eigenvalue weighted by Gasteiger charge is -2.30. The summed E-state index contributed by atoms with van der Waals surface area (Å²) >= 11 is 0. The number of aryl methyl sites for hydroxylation is 1. The van der Waals surface area contributed by atoms with Crippen LogP contribution in [0.4, 0.5) is 20.4 Å². The Morgan fingerprint density at radius 1 is 1.28 bits per heavy atom. The van der Waals surface area contributed by atoms with E-state index in [4.69, 9.17) is 9.47 Å². The Hall–Kier alpha value is -2.82. The van der Waals surface area contributed by atoms with Crippen molar-refractivity contribution in [3.05, 3.63) is 23.5 Å². The molecule has 2 aliphatic rings. The Labute approximate surface area is 185 Å². The Kier molecular flexibility index (Phi) is 6.54. The van der Waals surface area contributed by atoms with Gasteiger partial charge in [0.05, 0.1) is 19.8 Å². The number of esters is 1. The molecule has 3 heterocycles. The molecule has 174 valence electrons. The van der Waals surface area contributed by atoms with Gasteiger partial charge in [-0.25, -0.2) is 18.3 Å². The van der Waals surface area contributed by atoms with Crippen molar-refractivity contribution in [2.45, 2.75) is 51.5 Å². The zero-order valence-corrected chi connectivity index (χ0v) is 18.3. The molecule has 1 aliphatic carbocycles. The predicted molar refractivity (Wildman–Crippen MR) is 114 cm³/mol. The number of nitrogens with one attached hydrogen (secondary N) is 1. The summed E-state index contributed by atoms with van der Waals surface area (Å²) < 4.78 is 39.0. The fourth-order valence-electron chi connectivity index (χ4n) is 3.91. The van der Waals surface area contributed by atoms with Crippen LogP contribution < -0.4 is 10.2 Å². The van der Waals surface area contributed by atoms with Crippen molar-refractivity contribution in [2.75, 3.05) is 43.1 Å². The number of morpholine rings is 1. The van der Waals surface area contributed by atoms with Crippen molar-refractivity contribution in [1.82, 2.24) is 19.7 Å². The monoisotopic (exact) mass is 450 g/mol. The van der Waals surface area contributed by atoms with E-state index in [9.17, 15) is 13.6 Å². The molecular weight excluding hydrogens is 422 g/mol. The van der Waals surface area contributed by atoms with Crippen molar-refractivity contribution in [3.8, 4) is 5.95 Å². The van der Waals surface area contributed by atoms with Crippen molar-refractivity contribution >= 4 is 17.6 Å². The topological polar surface area (TPSA) is 94.4 Å². The van der Waals surface area contributed by atoms with E-state index in [0.717, 1.165) is 0 Å². The number of alkyl halides is 2. The van der Waals surface area contributed by atoms with E-state index in [0.29, 0.717) is 56.3 Å². The van der Waals surface area contributed by atoms with Gasteiger partial charge < -0.3 is 19.7 Å². The number of aromatic nitrogens is 4. The van der Waals surface area contributed by atoms with Gasteiger partial charge in [-0.05, 0) is 26.7 Å². The first-order valence-electron chi connectivity index (χ1n) is 10.9. The van der Waals surface area contributed by atoms with Gasteiger partial charge in [0.15, 0.2) is 5.69 Å². The van der Waals surface area contributed by atoms with Crippen molar-refractivity contribution in [3.63, 3.8) is 0 Å². The normalized spacial score (nSPS) is 19.1. The van der Waals surface area contributed by atoms with Crippen LogP contribution in [-0.2, 0) is 9.47 Å². The van der Waals surface area contributed by atoms with Crippen molar-refractivity contribution < 1.29 is 23.0 Å². The molecule has 1 saturated heterocycles. The van der Waals surface area contributed by atoms with Gasteiger partial charge in [0.1, 0.15) is 11.6 Å². The summed E-state index contributed by atoms with van der Waals surface area (Å²) in [6.45, 7) is 6.29. The van der Waals surface area contributed by atoms with Crippen LogP contribution in [0.3, 0.4) is 0 Å². The lowest BCUT2D eigenvalue weighted by Crippen LogP contribution is -2.37. The highest BCUT2D eigenvalue weighted by Gasteiger charge is 2.35. The number of carbonyl (C=O) groups excluding carboxylic acids is 1. The van der Waals surface area contributed by atoms with Gasteiger partial charge in [-0.2, -0.15) is 15.1 Å². The molecular formula is C21H28F2N6O3. The van der Waals surface area contributed by atoms with Crippen LogP contribution >= 0.6 is 0 Å². The maximum atomic E-state index is 13.5. The quantitative estimate of drug-likeness (QED) is 0.672. The summed E-state index contributed by atoms with van der Waals surface area (Å²) in [5.74, 6) is -1.58. The van der Waals surface area contributed by atoms with Crippen LogP contribution in [0, 0.1) is 6.92 Å². The van der Waals surface area contributed by atoms with E-state index in [2.05, 4.69) is 25.3 Å². The van der Waals surface area contributed by atoms with Gasteiger partial charge in [0.2, 0.25) is 5.92 Å². The minimum Gasteiger partial charge on any atom is -0.461 e. The molecule has 4 rings (SSSR count). The van der Waals surface area contributed by atoms with Crippen LogP contribution in [0.2, 0.25) is 0 Å². The zero-order chi connectivity index (χ0) is 22.7.